The summed E-state index contributed by atoms with van der Waals surface area (Å²) in [4.78, 5) is 23.3. The average molecular weight is 384 g/mol. The maximum absolute atomic E-state index is 12.7. The Hall–Kier alpha value is -1.96. The van der Waals surface area contributed by atoms with Crippen LogP contribution in [0, 0.1) is 9.39 Å². The number of halogens is 2. The number of hydrogen-bond donors (Lipinski definition) is 2. The standard InChI is InChI=1S/C14H10FIN2O2/c15-9-1-5-11(6-2-9)17-13(19)14(20)18-12-7-3-10(16)4-8-12/h1-8H,(H,17,19)(H,18,20). The van der Waals surface area contributed by atoms with Gasteiger partial charge < -0.3 is 10.6 Å². The van der Waals surface area contributed by atoms with Crippen molar-refractivity contribution in [3.8, 4) is 0 Å². The van der Waals surface area contributed by atoms with Crippen LogP contribution in [0.15, 0.2) is 48.5 Å². The van der Waals surface area contributed by atoms with E-state index in [1.54, 1.807) is 12.1 Å². The molecule has 6 heteroatoms. The quantitative estimate of drug-likeness (QED) is 0.618. The Labute approximate surface area is 128 Å². The van der Waals surface area contributed by atoms with E-state index in [1.165, 1.54) is 24.3 Å². The van der Waals surface area contributed by atoms with Gasteiger partial charge in [0, 0.05) is 14.9 Å². The predicted octanol–water partition coefficient (Wildman–Crippen LogP) is 3.01. The minimum atomic E-state index is -0.810. The number of nitrogens with one attached hydrogen (secondary N) is 2. The lowest BCUT2D eigenvalue weighted by molar-refractivity contribution is -0.132. The summed E-state index contributed by atoms with van der Waals surface area (Å²) in [5.41, 5.74) is 0.888. The largest absolute Gasteiger partial charge is 0.318 e. The van der Waals surface area contributed by atoms with Crippen molar-refractivity contribution < 1.29 is 14.0 Å². The number of benzene rings is 2. The summed E-state index contributed by atoms with van der Waals surface area (Å²) in [6, 6.07) is 12.2. The van der Waals surface area contributed by atoms with Crippen molar-refractivity contribution in [3.05, 3.63) is 57.9 Å². The van der Waals surface area contributed by atoms with Gasteiger partial charge in [-0.1, -0.05) is 0 Å². The number of anilines is 2. The molecule has 0 bridgehead atoms. The van der Waals surface area contributed by atoms with Crippen LogP contribution in [0.5, 0.6) is 0 Å². The van der Waals surface area contributed by atoms with E-state index in [0.717, 1.165) is 3.57 Å². The van der Waals surface area contributed by atoms with Crippen molar-refractivity contribution >= 4 is 45.8 Å². The number of hydrogen-bond acceptors (Lipinski definition) is 2. The van der Waals surface area contributed by atoms with Crippen molar-refractivity contribution in [3.63, 3.8) is 0 Å². The third-order valence-electron chi connectivity index (χ3n) is 2.41. The Bertz CT molecular complexity index is 569. The molecule has 2 amide bonds. The lowest BCUT2D eigenvalue weighted by Crippen LogP contribution is -2.29. The molecular formula is C14H10FIN2O2. The van der Waals surface area contributed by atoms with Crippen molar-refractivity contribution in [2.24, 2.45) is 0 Å². The molecule has 0 aliphatic heterocycles. The molecule has 0 saturated carbocycles. The molecular weight excluding hydrogens is 374 g/mol. The monoisotopic (exact) mass is 384 g/mol. The molecule has 20 heavy (non-hydrogen) atoms. The molecule has 0 aliphatic rings. The fourth-order valence-corrected chi connectivity index (χ4v) is 1.80. The highest BCUT2D eigenvalue weighted by atomic mass is 127. The van der Waals surface area contributed by atoms with E-state index in [1.807, 2.05) is 12.1 Å². The normalized spacial score (nSPS) is 9.90. The topological polar surface area (TPSA) is 58.2 Å². The first-order valence-electron chi connectivity index (χ1n) is 5.68. The zero-order chi connectivity index (χ0) is 14.5. The van der Waals surface area contributed by atoms with Crippen LogP contribution in [-0.2, 0) is 9.59 Å². The van der Waals surface area contributed by atoms with Crippen molar-refractivity contribution in [2.45, 2.75) is 0 Å². The second kappa shape index (κ2) is 6.47. The Balaban J connectivity index is 1.96. The van der Waals surface area contributed by atoms with Gasteiger partial charge in [-0.2, -0.15) is 0 Å². The molecule has 0 fully saturated rings. The summed E-state index contributed by atoms with van der Waals surface area (Å²) < 4.78 is 13.7. The second-order valence-corrected chi connectivity index (χ2v) is 5.17. The third-order valence-corrected chi connectivity index (χ3v) is 3.13. The van der Waals surface area contributed by atoms with E-state index in [2.05, 4.69) is 33.2 Å². The van der Waals surface area contributed by atoms with Gasteiger partial charge in [-0.25, -0.2) is 4.39 Å². The van der Waals surface area contributed by atoms with Crippen LogP contribution >= 0.6 is 22.6 Å². The SMILES string of the molecule is O=C(Nc1ccc(F)cc1)C(=O)Nc1ccc(I)cc1. The van der Waals surface area contributed by atoms with Gasteiger partial charge in [0.25, 0.3) is 0 Å². The summed E-state index contributed by atoms with van der Waals surface area (Å²) in [5, 5.41) is 4.85. The minimum Gasteiger partial charge on any atom is -0.318 e. The highest BCUT2D eigenvalue weighted by molar-refractivity contribution is 14.1. The molecule has 0 saturated heterocycles. The van der Waals surface area contributed by atoms with Crippen LogP contribution in [0.2, 0.25) is 0 Å². The summed E-state index contributed by atoms with van der Waals surface area (Å²) in [6.07, 6.45) is 0. The smallest absolute Gasteiger partial charge is 0.314 e. The predicted molar refractivity (Wildman–Crippen MR) is 82.8 cm³/mol. The lowest BCUT2D eigenvalue weighted by atomic mass is 10.3. The van der Waals surface area contributed by atoms with Crippen molar-refractivity contribution in [1.29, 1.82) is 0 Å². The van der Waals surface area contributed by atoms with Crippen LogP contribution in [0.4, 0.5) is 15.8 Å². The Morgan fingerprint density at radius 3 is 1.65 bits per heavy atom. The lowest BCUT2D eigenvalue weighted by Gasteiger charge is -2.06. The van der Waals surface area contributed by atoms with Gasteiger partial charge >= 0.3 is 11.8 Å². The van der Waals surface area contributed by atoms with Gasteiger partial charge in [0.1, 0.15) is 5.82 Å². The average Bonchev–Trinajstić information content (AvgIpc) is 2.44. The third kappa shape index (κ3) is 4.02. The number of carbonyl (C=O) groups is 2. The van der Waals surface area contributed by atoms with Crippen LogP contribution in [0.25, 0.3) is 0 Å². The van der Waals surface area contributed by atoms with E-state index in [-0.39, 0.29) is 0 Å². The highest BCUT2D eigenvalue weighted by Gasteiger charge is 2.13. The molecule has 2 N–H and O–H groups in total. The Kier molecular flexibility index (Phi) is 4.67. The Morgan fingerprint density at radius 2 is 1.20 bits per heavy atom. The molecule has 2 aromatic carbocycles. The fraction of sp³-hybridized carbons (Fsp3) is 0. The van der Waals surface area contributed by atoms with Crippen molar-refractivity contribution in [2.75, 3.05) is 10.6 Å². The van der Waals surface area contributed by atoms with Gasteiger partial charge in [-0.05, 0) is 71.1 Å². The fourth-order valence-electron chi connectivity index (χ4n) is 1.44. The maximum Gasteiger partial charge on any atom is 0.314 e. The summed E-state index contributed by atoms with van der Waals surface area (Å²) in [6.45, 7) is 0. The molecule has 0 aliphatic carbocycles. The first-order valence-corrected chi connectivity index (χ1v) is 6.76. The Morgan fingerprint density at radius 1 is 0.800 bits per heavy atom. The van der Waals surface area contributed by atoms with E-state index < -0.39 is 17.6 Å². The van der Waals surface area contributed by atoms with Gasteiger partial charge in [-0.3, -0.25) is 9.59 Å². The molecule has 0 unspecified atom stereocenters. The molecule has 2 rings (SSSR count). The molecule has 0 aromatic heterocycles. The summed E-state index contributed by atoms with van der Waals surface area (Å²) >= 11 is 2.14. The summed E-state index contributed by atoms with van der Waals surface area (Å²) in [5.74, 6) is -2.00. The number of carbonyl (C=O) groups excluding carboxylic acids is 2. The van der Waals surface area contributed by atoms with E-state index in [9.17, 15) is 14.0 Å². The van der Waals surface area contributed by atoms with E-state index >= 15 is 0 Å². The first kappa shape index (κ1) is 14.4. The van der Waals surface area contributed by atoms with Crippen LogP contribution in [-0.4, -0.2) is 11.8 Å². The molecule has 0 atom stereocenters. The number of rotatable bonds is 2. The number of amides is 2. The van der Waals surface area contributed by atoms with Gasteiger partial charge in [0.2, 0.25) is 0 Å². The molecule has 102 valence electrons. The second-order valence-electron chi connectivity index (χ2n) is 3.92. The zero-order valence-electron chi connectivity index (χ0n) is 10.2. The van der Waals surface area contributed by atoms with Crippen molar-refractivity contribution in [1.82, 2.24) is 0 Å². The van der Waals surface area contributed by atoms with Gasteiger partial charge in [0.15, 0.2) is 0 Å². The molecule has 0 radical (unpaired) electrons. The van der Waals surface area contributed by atoms with E-state index in [0.29, 0.717) is 11.4 Å². The molecule has 0 heterocycles. The van der Waals surface area contributed by atoms with E-state index in [4.69, 9.17) is 0 Å². The molecule has 4 nitrogen and oxygen atoms in total. The highest BCUT2D eigenvalue weighted by Crippen LogP contribution is 2.12. The maximum atomic E-state index is 12.7. The van der Waals surface area contributed by atoms with Gasteiger partial charge in [-0.15, -0.1) is 0 Å². The molecule has 2 aromatic rings. The summed E-state index contributed by atoms with van der Waals surface area (Å²) in [7, 11) is 0. The zero-order valence-corrected chi connectivity index (χ0v) is 12.3. The van der Waals surface area contributed by atoms with Crippen LogP contribution < -0.4 is 10.6 Å². The first-order chi connectivity index (χ1) is 9.54. The van der Waals surface area contributed by atoms with Gasteiger partial charge in [0.05, 0.1) is 0 Å². The van der Waals surface area contributed by atoms with Crippen LogP contribution in [0.1, 0.15) is 0 Å². The molecule has 0 spiro atoms. The van der Waals surface area contributed by atoms with Crippen LogP contribution in [0.3, 0.4) is 0 Å². The minimum absolute atomic E-state index is 0.356.